The van der Waals surface area contributed by atoms with Crippen LogP contribution in [0, 0.1) is 0 Å². The number of hydrogen-bond donors (Lipinski definition) is 1. The van der Waals surface area contributed by atoms with Gasteiger partial charge in [0.2, 0.25) is 0 Å². The molecule has 90 valence electrons. The average Bonchev–Trinajstić information content (AvgIpc) is 2.28. The Hall–Kier alpha value is -1.33. The van der Waals surface area contributed by atoms with Crippen molar-refractivity contribution in [2.75, 3.05) is 0 Å². The molecule has 0 amide bonds. The van der Waals surface area contributed by atoms with E-state index in [-0.39, 0.29) is 17.1 Å². The summed E-state index contributed by atoms with van der Waals surface area (Å²) in [6.45, 7) is -0.303. The Balaban J connectivity index is 2.66. The summed E-state index contributed by atoms with van der Waals surface area (Å²) >= 11 is 5.93. The van der Waals surface area contributed by atoms with Crippen molar-refractivity contribution in [2.45, 2.75) is 12.8 Å². The van der Waals surface area contributed by atoms with Gasteiger partial charge >= 0.3 is 6.18 Å². The number of halogens is 4. The molecule has 0 bridgehead atoms. The number of aliphatic hydroxyl groups excluding tert-OH is 1. The highest BCUT2D eigenvalue weighted by Crippen LogP contribution is 2.33. The minimum absolute atomic E-state index is 0.155. The fourth-order valence-corrected chi connectivity index (χ4v) is 1.76. The number of benzene rings is 1. The number of aromatic nitrogens is 1. The number of hydrogen-bond acceptors (Lipinski definition) is 2. The van der Waals surface area contributed by atoms with Crippen LogP contribution in [0.4, 0.5) is 13.2 Å². The first-order valence-corrected chi connectivity index (χ1v) is 5.06. The first-order valence-electron chi connectivity index (χ1n) is 4.68. The van der Waals surface area contributed by atoms with Gasteiger partial charge in [-0.05, 0) is 12.1 Å². The van der Waals surface area contributed by atoms with Crippen LogP contribution in [-0.4, -0.2) is 10.1 Å². The molecule has 0 fully saturated rings. The van der Waals surface area contributed by atoms with Gasteiger partial charge in [0.05, 0.1) is 22.7 Å². The van der Waals surface area contributed by atoms with E-state index in [1.807, 2.05) is 0 Å². The second kappa shape index (κ2) is 4.16. The highest BCUT2D eigenvalue weighted by Gasteiger charge is 2.30. The highest BCUT2D eigenvalue weighted by molar-refractivity contribution is 6.36. The summed E-state index contributed by atoms with van der Waals surface area (Å²) < 4.78 is 37.4. The summed E-state index contributed by atoms with van der Waals surface area (Å²) in [6.07, 6.45) is -3.14. The lowest BCUT2D eigenvalue weighted by molar-refractivity contribution is -0.137. The van der Waals surface area contributed by atoms with Crippen molar-refractivity contribution >= 4 is 22.5 Å². The molecular weight excluding hydrogens is 255 g/mol. The van der Waals surface area contributed by atoms with Crippen molar-refractivity contribution in [1.29, 1.82) is 0 Å². The van der Waals surface area contributed by atoms with Crippen LogP contribution >= 0.6 is 11.6 Å². The molecular formula is C11H7ClF3NO. The summed E-state index contributed by atoms with van der Waals surface area (Å²) in [5, 5.41) is 9.58. The van der Waals surface area contributed by atoms with Gasteiger partial charge in [0, 0.05) is 17.1 Å². The Bertz CT molecular complexity index is 568. The monoisotopic (exact) mass is 261 g/mol. The maximum atomic E-state index is 12.5. The molecule has 0 radical (unpaired) electrons. The zero-order valence-corrected chi connectivity index (χ0v) is 9.18. The Morgan fingerprint density at radius 2 is 2.00 bits per heavy atom. The van der Waals surface area contributed by atoms with E-state index in [1.165, 1.54) is 12.3 Å². The van der Waals surface area contributed by atoms with Crippen molar-refractivity contribution in [1.82, 2.24) is 4.98 Å². The number of pyridine rings is 1. The second-order valence-electron chi connectivity index (χ2n) is 3.49. The van der Waals surface area contributed by atoms with Gasteiger partial charge in [-0.1, -0.05) is 17.7 Å². The van der Waals surface area contributed by atoms with E-state index < -0.39 is 11.7 Å². The molecule has 0 aliphatic carbocycles. The van der Waals surface area contributed by atoms with Crippen LogP contribution < -0.4 is 0 Å². The van der Waals surface area contributed by atoms with E-state index in [0.29, 0.717) is 10.9 Å². The van der Waals surface area contributed by atoms with Crippen LogP contribution in [0.3, 0.4) is 0 Å². The van der Waals surface area contributed by atoms with E-state index in [4.69, 9.17) is 16.7 Å². The molecule has 0 aliphatic rings. The third-order valence-corrected chi connectivity index (χ3v) is 2.82. The van der Waals surface area contributed by atoms with E-state index >= 15 is 0 Å². The Kier molecular flexibility index (Phi) is 2.97. The van der Waals surface area contributed by atoms with Gasteiger partial charge in [-0.2, -0.15) is 13.2 Å². The number of rotatable bonds is 1. The Morgan fingerprint density at radius 1 is 1.29 bits per heavy atom. The van der Waals surface area contributed by atoms with E-state index in [0.717, 1.165) is 12.1 Å². The van der Waals surface area contributed by atoms with Crippen molar-refractivity contribution in [3.05, 3.63) is 40.5 Å². The van der Waals surface area contributed by atoms with E-state index in [1.54, 1.807) is 0 Å². The number of alkyl halides is 3. The minimum atomic E-state index is -4.40. The predicted octanol–water partition coefficient (Wildman–Crippen LogP) is 3.40. The van der Waals surface area contributed by atoms with E-state index in [2.05, 4.69) is 4.98 Å². The average molecular weight is 262 g/mol. The molecule has 1 aromatic carbocycles. The molecule has 0 aliphatic heterocycles. The van der Waals surface area contributed by atoms with Crippen LogP contribution in [0.25, 0.3) is 10.9 Å². The Labute approximate surface area is 99.7 Å². The second-order valence-corrected chi connectivity index (χ2v) is 3.86. The first kappa shape index (κ1) is 12.1. The number of nitrogens with zero attached hydrogens (tertiary/aromatic N) is 1. The van der Waals surface area contributed by atoms with Crippen LogP contribution in [0.2, 0.25) is 5.02 Å². The SMILES string of the molecule is OCc1cnc2cc(C(F)(F)F)ccc2c1Cl. The molecule has 1 N–H and O–H groups in total. The smallest absolute Gasteiger partial charge is 0.392 e. The molecule has 0 saturated carbocycles. The van der Waals surface area contributed by atoms with Crippen LogP contribution in [-0.2, 0) is 12.8 Å². The molecule has 1 aromatic heterocycles. The molecule has 0 saturated heterocycles. The lowest BCUT2D eigenvalue weighted by Gasteiger charge is -2.09. The van der Waals surface area contributed by atoms with Gasteiger partial charge in [0.1, 0.15) is 0 Å². The zero-order chi connectivity index (χ0) is 12.6. The molecule has 0 atom stereocenters. The molecule has 0 spiro atoms. The summed E-state index contributed by atoms with van der Waals surface area (Å²) in [4.78, 5) is 3.84. The fourth-order valence-electron chi connectivity index (χ4n) is 1.49. The lowest BCUT2D eigenvalue weighted by atomic mass is 10.1. The molecule has 1 heterocycles. The van der Waals surface area contributed by atoms with Crippen molar-refractivity contribution < 1.29 is 18.3 Å². The molecule has 2 aromatic rings. The summed E-state index contributed by atoms with van der Waals surface area (Å²) in [5.74, 6) is 0. The molecule has 2 rings (SSSR count). The van der Waals surface area contributed by atoms with Gasteiger partial charge in [-0.15, -0.1) is 0 Å². The normalized spacial score (nSPS) is 12.1. The van der Waals surface area contributed by atoms with Gasteiger partial charge in [0.15, 0.2) is 0 Å². The standard InChI is InChI=1S/C11H7ClF3NO/c12-10-6(5-17)4-16-9-3-7(11(13,14)15)1-2-8(9)10/h1-4,17H,5H2. The van der Waals surface area contributed by atoms with Crippen molar-refractivity contribution in [2.24, 2.45) is 0 Å². The van der Waals surface area contributed by atoms with Crippen LogP contribution in [0.1, 0.15) is 11.1 Å². The summed E-state index contributed by atoms with van der Waals surface area (Å²) in [5.41, 5.74) is -0.230. The third-order valence-electron chi connectivity index (χ3n) is 2.37. The summed E-state index contributed by atoms with van der Waals surface area (Å²) in [6, 6.07) is 3.13. The first-order chi connectivity index (χ1) is 7.93. The van der Waals surface area contributed by atoms with Gasteiger partial charge in [-0.3, -0.25) is 4.98 Å². The van der Waals surface area contributed by atoms with Gasteiger partial charge < -0.3 is 5.11 Å². The van der Waals surface area contributed by atoms with E-state index in [9.17, 15) is 13.2 Å². The number of aliphatic hydroxyl groups is 1. The fraction of sp³-hybridized carbons (Fsp3) is 0.182. The summed E-state index contributed by atoms with van der Waals surface area (Å²) in [7, 11) is 0. The molecule has 0 unspecified atom stereocenters. The highest BCUT2D eigenvalue weighted by atomic mass is 35.5. The minimum Gasteiger partial charge on any atom is -0.392 e. The Morgan fingerprint density at radius 3 is 2.59 bits per heavy atom. The topological polar surface area (TPSA) is 33.1 Å². The maximum absolute atomic E-state index is 12.5. The van der Waals surface area contributed by atoms with Crippen molar-refractivity contribution in [3.8, 4) is 0 Å². The lowest BCUT2D eigenvalue weighted by Crippen LogP contribution is -2.04. The number of fused-ring (bicyclic) bond motifs is 1. The van der Waals surface area contributed by atoms with Crippen molar-refractivity contribution in [3.63, 3.8) is 0 Å². The van der Waals surface area contributed by atoms with Gasteiger partial charge in [-0.25, -0.2) is 0 Å². The van der Waals surface area contributed by atoms with Gasteiger partial charge in [0.25, 0.3) is 0 Å². The third kappa shape index (κ3) is 2.21. The predicted molar refractivity (Wildman–Crippen MR) is 57.7 cm³/mol. The van der Waals surface area contributed by atoms with Crippen LogP contribution in [0.5, 0.6) is 0 Å². The zero-order valence-electron chi connectivity index (χ0n) is 8.42. The quantitative estimate of drug-likeness (QED) is 0.853. The molecule has 6 heteroatoms. The molecule has 17 heavy (non-hydrogen) atoms. The molecule has 2 nitrogen and oxygen atoms in total. The maximum Gasteiger partial charge on any atom is 0.416 e. The largest absolute Gasteiger partial charge is 0.416 e. The van der Waals surface area contributed by atoms with Crippen LogP contribution in [0.15, 0.2) is 24.4 Å².